The molecule has 1 amide bonds. The lowest BCUT2D eigenvalue weighted by Crippen LogP contribution is -2.50. The molecular weight excluding hydrogens is 312 g/mol. The normalized spacial score (nSPS) is 27.3. The van der Waals surface area contributed by atoms with Crippen molar-refractivity contribution in [2.75, 3.05) is 66.0 Å². The highest BCUT2D eigenvalue weighted by Crippen LogP contribution is 2.21. The van der Waals surface area contributed by atoms with E-state index in [0.717, 1.165) is 58.7 Å². The van der Waals surface area contributed by atoms with Gasteiger partial charge >= 0.3 is 12.1 Å². The zero-order valence-corrected chi connectivity index (χ0v) is 14.4. The summed E-state index contributed by atoms with van der Waals surface area (Å²) < 4.78 is 10.3. The van der Waals surface area contributed by atoms with Crippen LogP contribution in [0.3, 0.4) is 0 Å². The first-order chi connectivity index (χ1) is 11.7. The van der Waals surface area contributed by atoms with Gasteiger partial charge in [0.25, 0.3) is 0 Å². The topological polar surface area (TPSA) is 74.4 Å². The summed E-state index contributed by atoms with van der Waals surface area (Å²) in [6.45, 7) is 7.23. The van der Waals surface area contributed by atoms with Gasteiger partial charge in [-0.3, -0.25) is 14.6 Å². The van der Waals surface area contributed by atoms with Crippen molar-refractivity contribution in [1.29, 1.82) is 0 Å². The van der Waals surface area contributed by atoms with Gasteiger partial charge in [-0.2, -0.15) is 0 Å². The second-order valence-corrected chi connectivity index (χ2v) is 6.79. The minimum Gasteiger partial charge on any atom is -0.468 e. The van der Waals surface area contributed by atoms with Gasteiger partial charge < -0.3 is 19.7 Å². The average molecular weight is 340 g/mol. The summed E-state index contributed by atoms with van der Waals surface area (Å²) in [5, 5.41) is 3.33. The summed E-state index contributed by atoms with van der Waals surface area (Å²) in [6, 6.07) is 0.320. The molecule has 3 aliphatic heterocycles. The van der Waals surface area contributed by atoms with E-state index in [2.05, 4.69) is 15.1 Å². The van der Waals surface area contributed by atoms with Crippen molar-refractivity contribution in [3.05, 3.63) is 0 Å². The Bertz CT molecular complexity index is 447. The SMILES string of the molecule is COC(=O)CN1CCN(CC2CN(C3CCNCC3)C(=O)O2)CC1. The minimum absolute atomic E-state index is 0.0421. The van der Waals surface area contributed by atoms with Gasteiger partial charge in [0.05, 0.1) is 20.2 Å². The molecule has 3 fully saturated rings. The summed E-state index contributed by atoms with van der Waals surface area (Å²) in [7, 11) is 1.42. The molecule has 3 heterocycles. The lowest BCUT2D eigenvalue weighted by molar-refractivity contribution is -0.142. The van der Waals surface area contributed by atoms with Crippen molar-refractivity contribution in [3.8, 4) is 0 Å². The molecule has 8 heteroatoms. The predicted molar refractivity (Wildman–Crippen MR) is 87.8 cm³/mol. The van der Waals surface area contributed by atoms with Crippen LogP contribution >= 0.6 is 0 Å². The van der Waals surface area contributed by atoms with E-state index in [-0.39, 0.29) is 18.2 Å². The molecule has 0 spiro atoms. The van der Waals surface area contributed by atoms with Gasteiger partial charge in [-0.15, -0.1) is 0 Å². The molecular formula is C16H28N4O4. The van der Waals surface area contributed by atoms with E-state index in [4.69, 9.17) is 9.47 Å². The summed E-state index contributed by atoms with van der Waals surface area (Å²) >= 11 is 0. The van der Waals surface area contributed by atoms with E-state index in [0.29, 0.717) is 19.1 Å². The first kappa shape index (κ1) is 17.4. The molecule has 0 aromatic rings. The molecule has 24 heavy (non-hydrogen) atoms. The van der Waals surface area contributed by atoms with Gasteiger partial charge in [0.2, 0.25) is 0 Å². The van der Waals surface area contributed by atoms with Crippen molar-refractivity contribution >= 4 is 12.1 Å². The van der Waals surface area contributed by atoms with Crippen molar-refractivity contribution in [2.45, 2.75) is 25.0 Å². The minimum atomic E-state index is -0.189. The molecule has 0 aliphatic carbocycles. The Morgan fingerprint density at radius 1 is 1.21 bits per heavy atom. The Morgan fingerprint density at radius 3 is 2.54 bits per heavy atom. The fourth-order valence-corrected chi connectivity index (χ4v) is 3.72. The fourth-order valence-electron chi connectivity index (χ4n) is 3.72. The molecule has 136 valence electrons. The predicted octanol–water partition coefficient (Wildman–Crippen LogP) is -0.650. The summed E-state index contributed by atoms with van der Waals surface area (Å²) in [5.41, 5.74) is 0. The summed E-state index contributed by atoms with van der Waals surface area (Å²) in [6.07, 6.45) is 1.82. The van der Waals surface area contributed by atoms with Crippen LogP contribution in [-0.2, 0) is 14.3 Å². The Balaban J connectivity index is 1.41. The quantitative estimate of drug-likeness (QED) is 0.667. The molecule has 3 saturated heterocycles. The van der Waals surface area contributed by atoms with E-state index in [9.17, 15) is 9.59 Å². The maximum Gasteiger partial charge on any atom is 0.410 e. The summed E-state index contributed by atoms with van der Waals surface area (Å²) in [4.78, 5) is 29.8. The highest BCUT2D eigenvalue weighted by atomic mass is 16.6. The van der Waals surface area contributed by atoms with Crippen LogP contribution in [0.15, 0.2) is 0 Å². The van der Waals surface area contributed by atoms with Gasteiger partial charge in [0, 0.05) is 38.8 Å². The average Bonchev–Trinajstić information content (AvgIpc) is 2.97. The van der Waals surface area contributed by atoms with Crippen LogP contribution < -0.4 is 5.32 Å². The first-order valence-corrected chi connectivity index (χ1v) is 8.85. The largest absolute Gasteiger partial charge is 0.468 e. The number of esters is 1. The maximum absolute atomic E-state index is 12.1. The number of carbonyl (C=O) groups excluding carboxylic acids is 2. The van der Waals surface area contributed by atoms with Gasteiger partial charge in [0.15, 0.2) is 0 Å². The van der Waals surface area contributed by atoms with Crippen LogP contribution in [-0.4, -0.2) is 105 Å². The van der Waals surface area contributed by atoms with Crippen molar-refractivity contribution in [2.24, 2.45) is 0 Å². The van der Waals surface area contributed by atoms with Crippen molar-refractivity contribution < 1.29 is 19.1 Å². The molecule has 8 nitrogen and oxygen atoms in total. The van der Waals surface area contributed by atoms with Crippen LogP contribution in [0, 0.1) is 0 Å². The van der Waals surface area contributed by atoms with Crippen LogP contribution in [0.4, 0.5) is 4.79 Å². The van der Waals surface area contributed by atoms with Crippen molar-refractivity contribution in [3.63, 3.8) is 0 Å². The maximum atomic E-state index is 12.1. The molecule has 0 aromatic heterocycles. The lowest BCUT2D eigenvalue weighted by Gasteiger charge is -2.34. The zero-order valence-electron chi connectivity index (χ0n) is 14.4. The monoisotopic (exact) mass is 340 g/mol. The Kier molecular flexibility index (Phi) is 5.91. The molecule has 0 saturated carbocycles. The number of rotatable bonds is 5. The van der Waals surface area contributed by atoms with Gasteiger partial charge in [-0.05, 0) is 25.9 Å². The van der Waals surface area contributed by atoms with Crippen LogP contribution in [0.2, 0.25) is 0 Å². The number of hydrogen-bond donors (Lipinski definition) is 1. The van der Waals surface area contributed by atoms with Gasteiger partial charge in [0.1, 0.15) is 6.10 Å². The number of nitrogens with one attached hydrogen (secondary N) is 1. The summed E-state index contributed by atoms with van der Waals surface area (Å²) in [5.74, 6) is -0.189. The Morgan fingerprint density at radius 2 is 1.88 bits per heavy atom. The standard InChI is InChI=1S/C16H28N4O4/c1-23-15(21)12-19-8-6-18(7-9-19)10-14-11-20(16(22)24-14)13-2-4-17-5-3-13/h13-14,17H,2-12H2,1H3. The van der Waals surface area contributed by atoms with Crippen LogP contribution in [0.25, 0.3) is 0 Å². The molecule has 0 radical (unpaired) electrons. The molecule has 3 aliphatic rings. The van der Waals surface area contributed by atoms with Gasteiger partial charge in [-0.25, -0.2) is 4.79 Å². The zero-order chi connectivity index (χ0) is 16.9. The highest BCUT2D eigenvalue weighted by molar-refractivity contribution is 5.71. The van der Waals surface area contributed by atoms with Crippen LogP contribution in [0.1, 0.15) is 12.8 Å². The number of piperidine rings is 1. The third-order valence-corrected chi connectivity index (χ3v) is 5.16. The molecule has 0 aromatic carbocycles. The third kappa shape index (κ3) is 4.37. The molecule has 0 bridgehead atoms. The van der Waals surface area contributed by atoms with E-state index in [1.54, 1.807) is 0 Å². The van der Waals surface area contributed by atoms with E-state index in [1.165, 1.54) is 7.11 Å². The number of methoxy groups -OCH3 is 1. The van der Waals surface area contributed by atoms with E-state index >= 15 is 0 Å². The van der Waals surface area contributed by atoms with Gasteiger partial charge in [-0.1, -0.05) is 0 Å². The van der Waals surface area contributed by atoms with Crippen molar-refractivity contribution in [1.82, 2.24) is 20.0 Å². The Labute approximate surface area is 143 Å². The Hall–Kier alpha value is -1.38. The number of nitrogens with zero attached hydrogens (tertiary/aromatic N) is 3. The molecule has 3 rings (SSSR count). The number of ether oxygens (including phenoxy) is 2. The lowest BCUT2D eigenvalue weighted by atomic mass is 10.1. The van der Waals surface area contributed by atoms with E-state index < -0.39 is 0 Å². The third-order valence-electron chi connectivity index (χ3n) is 5.16. The number of hydrogen-bond acceptors (Lipinski definition) is 7. The molecule has 1 atom stereocenters. The highest BCUT2D eigenvalue weighted by Gasteiger charge is 2.37. The first-order valence-electron chi connectivity index (χ1n) is 8.85. The number of cyclic esters (lactones) is 1. The second-order valence-electron chi connectivity index (χ2n) is 6.79. The number of piperazine rings is 1. The molecule has 1 N–H and O–H groups in total. The smallest absolute Gasteiger partial charge is 0.410 e. The fraction of sp³-hybridized carbons (Fsp3) is 0.875. The number of carbonyl (C=O) groups is 2. The van der Waals surface area contributed by atoms with Crippen LogP contribution in [0.5, 0.6) is 0 Å². The number of amides is 1. The van der Waals surface area contributed by atoms with E-state index in [1.807, 2.05) is 4.90 Å². The second kappa shape index (κ2) is 8.13. The molecule has 1 unspecified atom stereocenters.